The normalized spacial score (nSPS) is 17.1. The van der Waals surface area contributed by atoms with Gasteiger partial charge in [-0.15, -0.1) is 34.9 Å². The number of esters is 2. The highest BCUT2D eigenvalue weighted by molar-refractivity contribution is 8.22. The van der Waals surface area contributed by atoms with Crippen LogP contribution in [-0.4, -0.2) is 82.3 Å². The fraction of sp³-hybridized carbons (Fsp3) is 0.300. The molecule has 2 aliphatic heterocycles. The molecule has 0 saturated carbocycles. The Hall–Kier alpha value is -5.12. The molecule has 4 aromatic rings. The van der Waals surface area contributed by atoms with Crippen molar-refractivity contribution in [3.8, 4) is 0 Å². The minimum absolute atomic E-state index is 0.0418. The van der Waals surface area contributed by atoms with Crippen molar-refractivity contribution in [1.82, 2.24) is 15.2 Å². The van der Waals surface area contributed by atoms with Crippen molar-refractivity contribution in [2.45, 2.75) is 50.9 Å². The van der Waals surface area contributed by atoms with Gasteiger partial charge in [-0.2, -0.15) is 0 Å². The number of rotatable bonds is 14. The van der Waals surface area contributed by atoms with Crippen LogP contribution in [0.25, 0.3) is 0 Å². The zero-order valence-corrected chi connectivity index (χ0v) is 33.4. The Labute approximate surface area is 332 Å². The number of aromatic nitrogens is 1. The Morgan fingerprint density at radius 1 is 0.945 bits per heavy atom. The standard InChI is InChI=1S/C40H41N5O7S3/c1-6-51-30(46)24-54-37-33(36(49)52-39(2,3)4)45-29(23-53-37)32(35(45)48)42-34(47)31(44-50-5)28-22-55-38(41-28)43-40(25-16-10-7-11-17-25,26-18-12-8-13-19-26)27-20-14-9-15-21-27/h7-22,29,32H,6,23-24H2,1-5H3,(H,41,43)(H,42,47). The summed E-state index contributed by atoms with van der Waals surface area (Å²) in [6.07, 6.45) is 0. The summed E-state index contributed by atoms with van der Waals surface area (Å²) < 4.78 is 11.2. The second kappa shape index (κ2) is 17.1. The monoisotopic (exact) mass is 799 g/mol. The quantitative estimate of drug-likeness (QED) is 0.0498. The van der Waals surface area contributed by atoms with Crippen molar-refractivity contribution >= 4 is 69.5 Å². The third-order valence-corrected chi connectivity index (χ3v) is 11.9. The Morgan fingerprint density at radius 3 is 2.05 bits per heavy atom. The molecule has 2 unspecified atom stereocenters. The van der Waals surface area contributed by atoms with Crippen LogP contribution in [0.4, 0.5) is 5.13 Å². The number of anilines is 1. The third-order valence-electron chi connectivity index (χ3n) is 8.60. The van der Waals surface area contributed by atoms with Crippen LogP contribution >= 0.6 is 34.9 Å². The highest BCUT2D eigenvalue weighted by atomic mass is 32.2. The summed E-state index contributed by atoms with van der Waals surface area (Å²) in [5.41, 5.74) is 1.40. The summed E-state index contributed by atoms with van der Waals surface area (Å²) in [6, 6.07) is 28.6. The van der Waals surface area contributed by atoms with Gasteiger partial charge in [-0.05, 0) is 44.4 Å². The number of nitrogens with one attached hydrogen (secondary N) is 2. The van der Waals surface area contributed by atoms with Gasteiger partial charge in [-0.3, -0.25) is 19.3 Å². The molecule has 286 valence electrons. The van der Waals surface area contributed by atoms with Crippen LogP contribution in [0.2, 0.25) is 0 Å². The van der Waals surface area contributed by atoms with E-state index >= 15 is 0 Å². The van der Waals surface area contributed by atoms with Crippen LogP contribution in [0.5, 0.6) is 0 Å². The number of carbonyl (C=O) groups is 4. The van der Waals surface area contributed by atoms with Crippen LogP contribution in [0.3, 0.4) is 0 Å². The van der Waals surface area contributed by atoms with Crippen molar-refractivity contribution in [3.05, 3.63) is 129 Å². The lowest BCUT2D eigenvalue weighted by molar-refractivity contribution is -0.160. The molecule has 15 heteroatoms. The lowest BCUT2D eigenvalue weighted by Gasteiger charge is -2.50. The minimum Gasteiger partial charge on any atom is -0.465 e. The molecule has 3 heterocycles. The molecule has 2 aliphatic rings. The number of benzene rings is 3. The number of amides is 2. The fourth-order valence-electron chi connectivity index (χ4n) is 6.31. The van der Waals surface area contributed by atoms with Crippen molar-refractivity contribution < 1.29 is 33.5 Å². The van der Waals surface area contributed by atoms with Crippen molar-refractivity contribution in [1.29, 1.82) is 0 Å². The van der Waals surface area contributed by atoms with E-state index < -0.39 is 47.0 Å². The van der Waals surface area contributed by atoms with E-state index in [1.807, 2.05) is 54.6 Å². The van der Waals surface area contributed by atoms with Gasteiger partial charge in [0.25, 0.3) is 11.8 Å². The Morgan fingerprint density at radius 2 is 1.53 bits per heavy atom. The van der Waals surface area contributed by atoms with E-state index in [2.05, 4.69) is 52.2 Å². The average molecular weight is 800 g/mol. The van der Waals surface area contributed by atoms with Gasteiger partial charge >= 0.3 is 11.9 Å². The molecule has 2 N–H and O–H groups in total. The number of thioether (sulfide) groups is 2. The summed E-state index contributed by atoms with van der Waals surface area (Å²) in [5.74, 6) is -1.99. The first-order chi connectivity index (χ1) is 26.5. The first-order valence-electron chi connectivity index (χ1n) is 17.5. The Balaban J connectivity index is 1.26. The molecule has 12 nitrogen and oxygen atoms in total. The SMILES string of the molecule is CCOC(=O)CSC1=C(C(=O)OC(C)(C)C)N2C(=O)C(NC(=O)C(=NOC)c3csc(NC(c4ccccc4)(c4ccccc4)c4ccccc4)n3)C2CS1. The van der Waals surface area contributed by atoms with Crippen LogP contribution in [0, 0.1) is 0 Å². The van der Waals surface area contributed by atoms with E-state index in [9.17, 15) is 19.2 Å². The molecule has 0 bridgehead atoms. The van der Waals surface area contributed by atoms with Gasteiger partial charge in [-0.1, -0.05) is 96.2 Å². The van der Waals surface area contributed by atoms with Gasteiger partial charge in [-0.25, -0.2) is 9.78 Å². The molecular weight excluding hydrogens is 759 g/mol. The minimum atomic E-state index is -0.964. The first kappa shape index (κ1) is 39.6. The molecule has 0 spiro atoms. The number of thiazole rings is 1. The Bertz CT molecular complexity index is 1990. The number of nitrogens with zero attached hydrogens (tertiary/aromatic N) is 3. The van der Waals surface area contributed by atoms with Gasteiger partial charge < -0.3 is 24.9 Å². The molecule has 0 aliphatic carbocycles. The summed E-state index contributed by atoms with van der Waals surface area (Å²) in [4.78, 5) is 64.5. The molecule has 1 saturated heterocycles. The molecule has 1 fully saturated rings. The van der Waals surface area contributed by atoms with E-state index in [1.54, 1.807) is 33.1 Å². The zero-order valence-electron chi connectivity index (χ0n) is 30.9. The second-order valence-electron chi connectivity index (χ2n) is 13.4. The number of carbonyl (C=O) groups excluding carboxylic acids is 4. The van der Waals surface area contributed by atoms with Crippen LogP contribution < -0.4 is 10.6 Å². The smallest absolute Gasteiger partial charge is 0.357 e. The predicted molar refractivity (Wildman–Crippen MR) is 215 cm³/mol. The molecule has 3 aromatic carbocycles. The highest BCUT2D eigenvalue weighted by Gasteiger charge is 2.55. The van der Waals surface area contributed by atoms with Crippen molar-refractivity contribution in [2.75, 3.05) is 30.5 Å². The van der Waals surface area contributed by atoms with Gasteiger partial charge in [0.15, 0.2) is 16.5 Å². The highest BCUT2D eigenvalue weighted by Crippen LogP contribution is 2.45. The van der Waals surface area contributed by atoms with Gasteiger partial charge in [0.05, 0.1) is 22.6 Å². The lowest BCUT2D eigenvalue weighted by Crippen LogP contribution is -2.73. The number of oxime groups is 1. The number of fused-ring (bicyclic) bond motifs is 1. The van der Waals surface area contributed by atoms with E-state index in [4.69, 9.17) is 19.3 Å². The zero-order chi connectivity index (χ0) is 39.2. The average Bonchev–Trinajstić information content (AvgIpc) is 3.65. The van der Waals surface area contributed by atoms with E-state index in [0.29, 0.717) is 15.1 Å². The number of hydrogen-bond acceptors (Lipinski definition) is 13. The van der Waals surface area contributed by atoms with Gasteiger partial charge in [0, 0.05) is 11.1 Å². The molecule has 6 rings (SSSR count). The molecule has 1 aromatic heterocycles. The summed E-state index contributed by atoms with van der Waals surface area (Å²) in [6.45, 7) is 7.12. The molecule has 2 amide bonds. The van der Waals surface area contributed by atoms with Gasteiger partial charge in [0.1, 0.15) is 30.0 Å². The molecule has 55 heavy (non-hydrogen) atoms. The lowest BCUT2D eigenvalue weighted by atomic mass is 9.77. The van der Waals surface area contributed by atoms with Crippen LogP contribution in [-0.2, 0) is 39.0 Å². The Kier molecular flexibility index (Phi) is 12.3. The number of hydrogen-bond donors (Lipinski definition) is 2. The summed E-state index contributed by atoms with van der Waals surface area (Å²) in [5, 5.41) is 12.8. The molecular formula is C40H41N5O7S3. The second-order valence-corrected chi connectivity index (χ2v) is 16.5. The third kappa shape index (κ3) is 8.58. The van der Waals surface area contributed by atoms with E-state index in [0.717, 1.165) is 28.5 Å². The predicted octanol–water partition coefficient (Wildman–Crippen LogP) is 6.15. The maximum absolute atomic E-state index is 13.9. The van der Waals surface area contributed by atoms with Crippen LogP contribution in [0.1, 0.15) is 50.1 Å². The van der Waals surface area contributed by atoms with E-state index in [1.165, 1.54) is 35.1 Å². The topological polar surface area (TPSA) is 149 Å². The van der Waals surface area contributed by atoms with Crippen molar-refractivity contribution in [3.63, 3.8) is 0 Å². The number of β-lactam (4-membered cyclic amide) rings is 1. The van der Waals surface area contributed by atoms with E-state index in [-0.39, 0.29) is 29.5 Å². The first-order valence-corrected chi connectivity index (χ1v) is 20.4. The summed E-state index contributed by atoms with van der Waals surface area (Å²) >= 11 is 3.72. The molecule has 2 atom stereocenters. The summed E-state index contributed by atoms with van der Waals surface area (Å²) in [7, 11) is 1.32. The maximum Gasteiger partial charge on any atom is 0.357 e. The fourth-order valence-corrected chi connectivity index (χ4v) is 9.41. The van der Waals surface area contributed by atoms with Gasteiger partial charge in [0.2, 0.25) is 0 Å². The molecule has 0 radical (unpaired) electrons. The largest absolute Gasteiger partial charge is 0.465 e. The van der Waals surface area contributed by atoms with Crippen LogP contribution in [0.15, 0.2) is 111 Å². The maximum atomic E-state index is 13.9. The number of ether oxygens (including phenoxy) is 2. The van der Waals surface area contributed by atoms with Crippen molar-refractivity contribution in [2.24, 2.45) is 5.16 Å².